The van der Waals surface area contributed by atoms with Crippen molar-refractivity contribution in [3.05, 3.63) is 71.3 Å². The molecule has 3 N–H and O–H groups in total. The number of nitrogens with one attached hydrogen (secondary N) is 1. The molecule has 0 heterocycles. The summed E-state index contributed by atoms with van der Waals surface area (Å²) in [4.78, 5) is 12.0. The highest BCUT2D eigenvalue weighted by Crippen LogP contribution is 2.42. The first-order chi connectivity index (χ1) is 11.0. The predicted molar refractivity (Wildman–Crippen MR) is 93.0 cm³/mol. The van der Waals surface area contributed by atoms with E-state index in [4.69, 9.17) is 5.73 Å². The third-order valence-corrected chi connectivity index (χ3v) is 4.91. The van der Waals surface area contributed by atoms with E-state index in [1.165, 1.54) is 11.1 Å². The van der Waals surface area contributed by atoms with Crippen LogP contribution < -0.4 is 11.1 Å². The molecule has 2 unspecified atom stereocenters. The van der Waals surface area contributed by atoms with Crippen LogP contribution in [0.15, 0.2) is 54.6 Å². The average molecular weight is 308 g/mol. The van der Waals surface area contributed by atoms with Crippen LogP contribution >= 0.6 is 0 Å². The zero-order valence-electron chi connectivity index (χ0n) is 13.8. The number of benzene rings is 2. The van der Waals surface area contributed by atoms with Gasteiger partial charge in [-0.05, 0) is 34.9 Å². The zero-order valence-corrected chi connectivity index (χ0v) is 13.8. The molecule has 1 aliphatic rings. The second-order valence-electron chi connectivity index (χ2n) is 6.98. The molecule has 0 spiro atoms. The number of rotatable bonds is 4. The summed E-state index contributed by atoms with van der Waals surface area (Å²) in [6.45, 7) is 4.57. The molecule has 0 aliphatic heterocycles. The first kappa shape index (κ1) is 15.8. The molecule has 2 atom stereocenters. The number of nitrogens with two attached hydrogens (primary N) is 1. The number of primary amides is 1. The quantitative estimate of drug-likeness (QED) is 0.906. The molecule has 3 rings (SSSR count). The molecule has 2 aromatic rings. The Bertz CT molecular complexity index is 694. The molecule has 1 aliphatic carbocycles. The van der Waals surface area contributed by atoms with Crippen LogP contribution in [0.1, 0.15) is 55.5 Å². The summed E-state index contributed by atoms with van der Waals surface area (Å²) in [7, 11) is 0. The van der Waals surface area contributed by atoms with Crippen LogP contribution in [-0.4, -0.2) is 5.91 Å². The number of carbonyl (C=O) groups excluding carboxylic acids is 1. The maximum atomic E-state index is 12.0. The van der Waals surface area contributed by atoms with Crippen molar-refractivity contribution in [1.82, 2.24) is 5.32 Å². The number of fused-ring (bicyclic) bond motifs is 1. The lowest BCUT2D eigenvalue weighted by Gasteiger charge is -2.38. The summed E-state index contributed by atoms with van der Waals surface area (Å²) in [6, 6.07) is 17.9. The average Bonchev–Trinajstić information content (AvgIpc) is 2.55. The van der Waals surface area contributed by atoms with Gasteiger partial charge >= 0.3 is 0 Å². The standard InChI is InChI=1S/C20H24N2O/c1-20(2)13-12-17(15-10-6-7-11-16(15)20)22-18(19(21)23)14-8-4-3-5-9-14/h3-11,17-18,22H,12-13H2,1-2H3,(H2,21,23). The fourth-order valence-corrected chi connectivity index (χ4v) is 3.57. The molecule has 3 heteroatoms. The molecule has 0 radical (unpaired) electrons. The summed E-state index contributed by atoms with van der Waals surface area (Å²) in [6.07, 6.45) is 2.09. The third kappa shape index (κ3) is 3.15. The molecule has 0 saturated heterocycles. The van der Waals surface area contributed by atoms with Crippen LogP contribution in [0.3, 0.4) is 0 Å². The van der Waals surface area contributed by atoms with E-state index in [2.05, 4.69) is 43.4 Å². The van der Waals surface area contributed by atoms with Crippen LogP contribution in [-0.2, 0) is 10.2 Å². The van der Waals surface area contributed by atoms with Gasteiger partial charge in [-0.3, -0.25) is 10.1 Å². The van der Waals surface area contributed by atoms with Crippen molar-refractivity contribution in [3.8, 4) is 0 Å². The smallest absolute Gasteiger partial charge is 0.239 e. The molecule has 0 fully saturated rings. The molecule has 2 aromatic carbocycles. The van der Waals surface area contributed by atoms with Crippen molar-refractivity contribution >= 4 is 5.91 Å². The lowest BCUT2D eigenvalue weighted by molar-refractivity contribution is -0.120. The van der Waals surface area contributed by atoms with E-state index in [1.54, 1.807) is 0 Å². The Hall–Kier alpha value is -2.13. The fraction of sp³-hybridized carbons (Fsp3) is 0.350. The van der Waals surface area contributed by atoms with E-state index in [0.717, 1.165) is 18.4 Å². The SMILES string of the molecule is CC1(C)CCC(NC(C(N)=O)c2ccccc2)c2ccccc21. The monoisotopic (exact) mass is 308 g/mol. The topological polar surface area (TPSA) is 55.1 Å². The van der Waals surface area contributed by atoms with E-state index in [1.807, 2.05) is 30.3 Å². The summed E-state index contributed by atoms with van der Waals surface area (Å²) >= 11 is 0. The lowest BCUT2D eigenvalue weighted by Crippen LogP contribution is -2.39. The molecule has 0 bridgehead atoms. The van der Waals surface area contributed by atoms with Crippen LogP contribution in [0.4, 0.5) is 0 Å². The maximum Gasteiger partial charge on any atom is 0.239 e. The first-order valence-corrected chi connectivity index (χ1v) is 8.19. The van der Waals surface area contributed by atoms with Gasteiger partial charge in [-0.25, -0.2) is 0 Å². The number of hydrogen-bond donors (Lipinski definition) is 2. The number of amides is 1. The van der Waals surface area contributed by atoms with Gasteiger partial charge in [-0.2, -0.15) is 0 Å². The molecule has 0 saturated carbocycles. The zero-order chi connectivity index (χ0) is 16.4. The second-order valence-corrected chi connectivity index (χ2v) is 6.98. The van der Waals surface area contributed by atoms with E-state index in [9.17, 15) is 4.79 Å². The molecular weight excluding hydrogens is 284 g/mol. The Labute approximate surface area is 137 Å². The van der Waals surface area contributed by atoms with Gasteiger partial charge in [0.1, 0.15) is 6.04 Å². The fourth-order valence-electron chi connectivity index (χ4n) is 3.57. The van der Waals surface area contributed by atoms with Gasteiger partial charge in [0, 0.05) is 6.04 Å². The van der Waals surface area contributed by atoms with Crippen molar-refractivity contribution in [3.63, 3.8) is 0 Å². The van der Waals surface area contributed by atoms with Crippen molar-refractivity contribution in [2.45, 2.75) is 44.2 Å². The van der Waals surface area contributed by atoms with Crippen molar-refractivity contribution in [2.75, 3.05) is 0 Å². The van der Waals surface area contributed by atoms with Crippen LogP contribution in [0.25, 0.3) is 0 Å². The predicted octanol–water partition coefficient (Wildman–Crippen LogP) is 3.62. The summed E-state index contributed by atoms with van der Waals surface area (Å²) in [5.41, 5.74) is 9.39. The van der Waals surface area contributed by atoms with Crippen LogP contribution in [0, 0.1) is 0 Å². The Kier molecular flexibility index (Phi) is 4.22. The Balaban J connectivity index is 1.92. The Morgan fingerprint density at radius 3 is 2.48 bits per heavy atom. The molecule has 0 aromatic heterocycles. The van der Waals surface area contributed by atoms with Crippen LogP contribution in [0.2, 0.25) is 0 Å². The minimum Gasteiger partial charge on any atom is -0.368 e. The van der Waals surface area contributed by atoms with E-state index in [-0.39, 0.29) is 17.4 Å². The Morgan fingerprint density at radius 1 is 1.13 bits per heavy atom. The Morgan fingerprint density at radius 2 is 1.78 bits per heavy atom. The van der Waals surface area contributed by atoms with Gasteiger partial charge in [0.05, 0.1) is 0 Å². The van der Waals surface area contributed by atoms with Gasteiger partial charge in [-0.15, -0.1) is 0 Å². The highest BCUT2D eigenvalue weighted by molar-refractivity contribution is 5.81. The van der Waals surface area contributed by atoms with E-state index >= 15 is 0 Å². The first-order valence-electron chi connectivity index (χ1n) is 8.19. The van der Waals surface area contributed by atoms with E-state index < -0.39 is 6.04 Å². The van der Waals surface area contributed by atoms with Gasteiger partial charge in [0.2, 0.25) is 5.91 Å². The normalized spacial score (nSPS) is 20.5. The third-order valence-electron chi connectivity index (χ3n) is 4.91. The van der Waals surface area contributed by atoms with E-state index in [0.29, 0.717) is 0 Å². The number of hydrogen-bond acceptors (Lipinski definition) is 2. The summed E-state index contributed by atoms with van der Waals surface area (Å²) in [5.74, 6) is -0.335. The van der Waals surface area contributed by atoms with Crippen molar-refractivity contribution in [1.29, 1.82) is 0 Å². The van der Waals surface area contributed by atoms with Gasteiger partial charge in [-0.1, -0.05) is 68.4 Å². The largest absolute Gasteiger partial charge is 0.368 e. The molecule has 120 valence electrons. The second kappa shape index (κ2) is 6.17. The summed E-state index contributed by atoms with van der Waals surface area (Å²) < 4.78 is 0. The highest BCUT2D eigenvalue weighted by Gasteiger charge is 2.34. The molecule has 1 amide bonds. The summed E-state index contributed by atoms with van der Waals surface area (Å²) in [5, 5.41) is 3.49. The van der Waals surface area contributed by atoms with Gasteiger partial charge in [0.15, 0.2) is 0 Å². The molecule has 3 nitrogen and oxygen atoms in total. The maximum absolute atomic E-state index is 12.0. The van der Waals surface area contributed by atoms with Gasteiger partial charge in [0.25, 0.3) is 0 Å². The molecule has 23 heavy (non-hydrogen) atoms. The molecular formula is C20H24N2O. The van der Waals surface area contributed by atoms with Crippen LogP contribution in [0.5, 0.6) is 0 Å². The van der Waals surface area contributed by atoms with Gasteiger partial charge < -0.3 is 5.73 Å². The minimum absolute atomic E-state index is 0.150. The minimum atomic E-state index is -0.463. The van der Waals surface area contributed by atoms with Crippen molar-refractivity contribution in [2.24, 2.45) is 5.73 Å². The highest BCUT2D eigenvalue weighted by atomic mass is 16.1. The lowest BCUT2D eigenvalue weighted by atomic mass is 9.71. The number of carbonyl (C=O) groups is 1. The van der Waals surface area contributed by atoms with Crippen molar-refractivity contribution < 1.29 is 4.79 Å².